The number of amides is 1. The van der Waals surface area contributed by atoms with E-state index in [1.807, 2.05) is 49.8 Å². The van der Waals surface area contributed by atoms with Crippen molar-refractivity contribution in [2.24, 2.45) is 0 Å². The van der Waals surface area contributed by atoms with Crippen molar-refractivity contribution in [2.45, 2.75) is 19.4 Å². The summed E-state index contributed by atoms with van der Waals surface area (Å²) in [7, 11) is 7.55. The average molecular weight is 293 g/mol. The highest BCUT2D eigenvalue weighted by atomic mass is 16.2. The number of piperazine rings is 1. The van der Waals surface area contributed by atoms with E-state index >= 15 is 0 Å². The molecule has 2 rings (SSSR count). The Bertz CT molecular complexity index is 491. The second-order valence-electron chi connectivity index (χ2n) is 5.43. The molecule has 116 valence electrons. The highest BCUT2D eigenvalue weighted by molar-refractivity contribution is 5.85. The molecular weight excluding hydrogens is 270 g/mol. The largest absolute Gasteiger partial charge is 0.353 e. The minimum absolute atomic E-state index is 0.0296. The molecule has 0 saturated carbocycles. The monoisotopic (exact) mass is 293 g/mol. The molecule has 1 aromatic heterocycles. The lowest BCUT2D eigenvalue weighted by Gasteiger charge is -2.35. The van der Waals surface area contributed by atoms with Gasteiger partial charge in [-0.2, -0.15) is 15.0 Å². The summed E-state index contributed by atoms with van der Waals surface area (Å²) >= 11 is 0. The fourth-order valence-corrected chi connectivity index (χ4v) is 2.23. The van der Waals surface area contributed by atoms with Crippen LogP contribution in [0.25, 0.3) is 0 Å². The van der Waals surface area contributed by atoms with Crippen molar-refractivity contribution < 1.29 is 4.79 Å². The zero-order valence-electron chi connectivity index (χ0n) is 13.3. The summed E-state index contributed by atoms with van der Waals surface area (Å²) in [5, 5.41) is 2.88. The summed E-state index contributed by atoms with van der Waals surface area (Å²) in [5.41, 5.74) is 0. The number of aromatic nitrogens is 3. The number of anilines is 3. The van der Waals surface area contributed by atoms with Gasteiger partial charge in [0.2, 0.25) is 23.8 Å². The Labute approximate surface area is 125 Å². The first kappa shape index (κ1) is 15.3. The van der Waals surface area contributed by atoms with Crippen LogP contribution in [-0.2, 0) is 4.79 Å². The van der Waals surface area contributed by atoms with E-state index in [9.17, 15) is 4.79 Å². The molecule has 8 nitrogen and oxygen atoms in total. The topological polar surface area (TPSA) is 77.5 Å². The van der Waals surface area contributed by atoms with Crippen LogP contribution in [-0.4, -0.2) is 68.2 Å². The van der Waals surface area contributed by atoms with Crippen molar-refractivity contribution in [3.8, 4) is 0 Å². The fourth-order valence-electron chi connectivity index (χ4n) is 2.23. The van der Waals surface area contributed by atoms with Gasteiger partial charge in [-0.25, -0.2) is 0 Å². The van der Waals surface area contributed by atoms with Crippen molar-refractivity contribution in [1.29, 1.82) is 0 Å². The molecule has 0 radical (unpaired) electrons. The van der Waals surface area contributed by atoms with Crippen LogP contribution in [0, 0.1) is 0 Å². The first-order valence-electron chi connectivity index (χ1n) is 7.09. The van der Waals surface area contributed by atoms with E-state index in [0.717, 1.165) is 0 Å². The van der Waals surface area contributed by atoms with Gasteiger partial charge in [-0.15, -0.1) is 0 Å². The summed E-state index contributed by atoms with van der Waals surface area (Å²) in [4.78, 5) is 31.0. The maximum absolute atomic E-state index is 12.0. The average Bonchev–Trinajstić information content (AvgIpc) is 2.46. The number of hydrogen-bond donors (Lipinski definition) is 1. The maximum Gasteiger partial charge on any atom is 0.242 e. The second-order valence-corrected chi connectivity index (χ2v) is 5.43. The highest BCUT2D eigenvalue weighted by Crippen LogP contribution is 2.20. The molecule has 1 N–H and O–H groups in total. The van der Waals surface area contributed by atoms with Crippen LogP contribution < -0.4 is 20.0 Å². The third kappa shape index (κ3) is 3.14. The van der Waals surface area contributed by atoms with Crippen LogP contribution in [0.1, 0.15) is 13.3 Å². The van der Waals surface area contributed by atoms with Crippen LogP contribution in [0.3, 0.4) is 0 Å². The summed E-state index contributed by atoms with van der Waals surface area (Å²) < 4.78 is 0. The lowest BCUT2D eigenvalue weighted by molar-refractivity contribution is -0.123. The van der Waals surface area contributed by atoms with E-state index in [1.165, 1.54) is 0 Å². The van der Waals surface area contributed by atoms with Gasteiger partial charge < -0.3 is 20.0 Å². The molecular formula is C13H23N7O. The van der Waals surface area contributed by atoms with Gasteiger partial charge >= 0.3 is 0 Å². The molecule has 1 aliphatic rings. The molecule has 1 fully saturated rings. The lowest BCUT2D eigenvalue weighted by atomic mass is 10.1. The van der Waals surface area contributed by atoms with Crippen molar-refractivity contribution in [3.63, 3.8) is 0 Å². The second kappa shape index (κ2) is 6.11. The van der Waals surface area contributed by atoms with Crippen LogP contribution in [0.4, 0.5) is 17.8 Å². The Morgan fingerprint density at radius 1 is 1.14 bits per heavy atom. The Morgan fingerprint density at radius 2 is 1.71 bits per heavy atom. The van der Waals surface area contributed by atoms with Crippen LogP contribution in [0.2, 0.25) is 0 Å². The standard InChI is InChI=1S/C13H23N7O/c1-6-9-10(21)14-7-8-20(9)13-16-11(18(2)3)15-12(17-13)19(4)5/h9H,6-8H2,1-5H3,(H,14,21). The molecule has 2 heterocycles. The third-order valence-corrected chi connectivity index (χ3v) is 3.37. The molecule has 1 amide bonds. The van der Waals surface area contributed by atoms with E-state index in [4.69, 9.17) is 0 Å². The van der Waals surface area contributed by atoms with Crippen LogP contribution in [0.15, 0.2) is 0 Å². The Kier molecular flexibility index (Phi) is 4.44. The predicted molar refractivity (Wildman–Crippen MR) is 82.9 cm³/mol. The number of nitrogens with one attached hydrogen (secondary N) is 1. The van der Waals surface area contributed by atoms with Gasteiger partial charge in [0.05, 0.1) is 0 Å². The zero-order valence-corrected chi connectivity index (χ0v) is 13.3. The summed E-state index contributed by atoms with van der Waals surface area (Å²) in [5.74, 6) is 1.76. The van der Waals surface area contributed by atoms with Crippen molar-refractivity contribution in [2.75, 3.05) is 56.0 Å². The van der Waals surface area contributed by atoms with E-state index < -0.39 is 0 Å². The molecule has 1 aromatic rings. The van der Waals surface area contributed by atoms with Crippen LogP contribution >= 0.6 is 0 Å². The fraction of sp³-hybridized carbons (Fsp3) is 0.692. The van der Waals surface area contributed by atoms with Gasteiger partial charge in [0.25, 0.3) is 0 Å². The minimum atomic E-state index is -0.230. The highest BCUT2D eigenvalue weighted by Gasteiger charge is 2.30. The third-order valence-electron chi connectivity index (χ3n) is 3.37. The smallest absolute Gasteiger partial charge is 0.242 e. The van der Waals surface area contributed by atoms with Crippen molar-refractivity contribution >= 4 is 23.8 Å². The quantitative estimate of drug-likeness (QED) is 0.818. The summed E-state index contributed by atoms with van der Waals surface area (Å²) in [6.45, 7) is 3.30. The summed E-state index contributed by atoms with van der Waals surface area (Å²) in [6.07, 6.45) is 0.714. The van der Waals surface area contributed by atoms with Gasteiger partial charge in [-0.05, 0) is 6.42 Å². The molecule has 0 aliphatic carbocycles. The van der Waals surface area contributed by atoms with E-state index in [2.05, 4.69) is 20.3 Å². The molecule has 1 unspecified atom stereocenters. The molecule has 1 aliphatic heterocycles. The molecule has 21 heavy (non-hydrogen) atoms. The van der Waals surface area contributed by atoms with E-state index in [1.54, 1.807) is 0 Å². The maximum atomic E-state index is 12.0. The number of nitrogens with zero attached hydrogens (tertiary/aromatic N) is 6. The Hall–Kier alpha value is -2.12. The first-order chi connectivity index (χ1) is 9.93. The lowest BCUT2D eigenvalue weighted by Crippen LogP contribution is -2.55. The normalized spacial score (nSPS) is 18.4. The predicted octanol–water partition coefficient (Wildman–Crippen LogP) is -0.282. The van der Waals surface area contributed by atoms with Crippen LogP contribution in [0.5, 0.6) is 0 Å². The molecule has 0 aromatic carbocycles. The first-order valence-corrected chi connectivity index (χ1v) is 7.09. The van der Waals surface area contributed by atoms with Crippen molar-refractivity contribution in [3.05, 3.63) is 0 Å². The van der Waals surface area contributed by atoms with Gasteiger partial charge in [0.15, 0.2) is 0 Å². The Morgan fingerprint density at radius 3 is 2.19 bits per heavy atom. The number of carbonyl (C=O) groups is 1. The minimum Gasteiger partial charge on any atom is -0.353 e. The van der Waals surface area contributed by atoms with Crippen molar-refractivity contribution in [1.82, 2.24) is 20.3 Å². The number of carbonyl (C=O) groups excluding carboxylic acids is 1. The molecule has 8 heteroatoms. The zero-order chi connectivity index (χ0) is 15.6. The van der Waals surface area contributed by atoms with Gasteiger partial charge in [0.1, 0.15) is 6.04 Å². The van der Waals surface area contributed by atoms with Gasteiger partial charge in [-0.3, -0.25) is 4.79 Å². The number of hydrogen-bond acceptors (Lipinski definition) is 7. The molecule has 1 atom stereocenters. The molecule has 0 bridgehead atoms. The van der Waals surface area contributed by atoms with E-state index in [-0.39, 0.29) is 11.9 Å². The molecule has 0 spiro atoms. The summed E-state index contributed by atoms with van der Waals surface area (Å²) in [6, 6.07) is -0.230. The number of rotatable bonds is 4. The van der Waals surface area contributed by atoms with E-state index in [0.29, 0.717) is 37.4 Å². The van der Waals surface area contributed by atoms with Gasteiger partial charge in [0, 0.05) is 41.3 Å². The SMILES string of the molecule is CCC1C(=O)NCCN1c1nc(N(C)C)nc(N(C)C)n1. The Balaban J connectivity index is 2.43. The van der Waals surface area contributed by atoms with Gasteiger partial charge in [-0.1, -0.05) is 6.92 Å². The molecule has 1 saturated heterocycles.